The predicted octanol–water partition coefficient (Wildman–Crippen LogP) is 2.63. The van der Waals surface area contributed by atoms with Gasteiger partial charge in [0.1, 0.15) is 11.6 Å². The van der Waals surface area contributed by atoms with Crippen molar-refractivity contribution >= 4 is 11.8 Å². The molecule has 1 N–H and O–H groups in total. The molecular weight excluding hydrogens is 335 g/mol. The Morgan fingerprint density at radius 2 is 1.69 bits per heavy atom. The number of carbonyl (C=O) groups is 2. The molecule has 1 aliphatic rings. The second-order valence-electron chi connectivity index (χ2n) is 6.24. The van der Waals surface area contributed by atoms with Crippen LogP contribution in [0.15, 0.2) is 54.6 Å². The maximum absolute atomic E-state index is 13.0. The molecule has 2 amide bonds. The van der Waals surface area contributed by atoms with Crippen molar-refractivity contribution in [3.63, 3.8) is 0 Å². The Kier molecular flexibility index (Phi) is 5.84. The van der Waals surface area contributed by atoms with Gasteiger partial charge in [0.2, 0.25) is 0 Å². The van der Waals surface area contributed by atoms with Gasteiger partial charge in [-0.2, -0.15) is 0 Å². The van der Waals surface area contributed by atoms with Gasteiger partial charge in [-0.05, 0) is 49.2 Å². The molecule has 0 radical (unpaired) electrons. The minimum Gasteiger partial charge on any atom is -0.484 e. The molecule has 1 heterocycles. The monoisotopic (exact) mass is 356 g/mol. The van der Waals surface area contributed by atoms with E-state index in [4.69, 9.17) is 4.74 Å². The number of benzene rings is 2. The van der Waals surface area contributed by atoms with Gasteiger partial charge < -0.3 is 15.0 Å². The van der Waals surface area contributed by atoms with Gasteiger partial charge in [-0.25, -0.2) is 4.39 Å². The lowest BCUT2D eigenvalue weighted by atomic mass is 10.0. The van der Waals surface area contributed by atoms with Crippen LogP contribution in [0.4, 0.5) is 4.39 Å². The summed E-state index contributed by atoms with van der Waals surface area (Å²) >= 11 is 0. The Hall–Kier alpha value is -2.89. The van der Waals surface area contributed by atoms with E-state index in [9.17, 15) is 14.0 Å². The van der Waals surface area contributed by atoms with Crippen LogP contribution in [0.3, 0.4) is 0 Å². The molecule has 2 aromatic rings. The molecule has 1 aliphatic heterocycles. The molecule has 0 saturated carbocycles. The summed E-state index contributed by atoms with van der Waals surface area (Å²) in [5, 5.41) is 2.94. The number of likely N-dealkylation sites (tertiary alicyclic amines) is 1. The molecule has 1 saturated heterocycles. The van der Waals surface area contributed by atoms with Crippen LogP contribution in [0.5, 0.6) is 5.75 Å². The molecule has 1 fully saturated rings. The first-order chi connectivity index (χ1) is 12.6. The van der Waals surface area contributed by atoms with Crippen LogP contribution < -0.4 is 10.1 Å². The maximum atomic E-state index is 13.0. The highest BCUT2D eigenvalue weighted by Crippen LogP contribution is 2.15. The van der Waals surface area contributed by atoms with Gasteiger partial charge in [-0.1, -0.05) is 18.2 Å². The molecule has 0 aromatic heterocycles. The number of para-hydroxylation sites is 1. The van der Waals surface area contributed by atoms with E-state index in [0.29, 0.717) is 37.2 Å². The van der Waals surface area contributed by atoms with Crippen molar-refractivity contribution in [1.29, 1.82) is 0 Å². The second kappa shape index (κ2) is 8.47. The number of nitrogens with zero attached hydrogens (tertiary/aromatic N) is 1. The highest BCUT2D eigenvalue weighted by molar-refractivity contribution is 5.94. The summed E-state index contributed by atoms with van der Waals surface area (Å²) in [5.41, 5.74) is 0.477. The molecule has 3 rings (SSSR count). The van der Waals surface area contributed by atoms with Gasteiger partial charge in [0, 0.05) is 24.7 Å². The van der Waals surface area contributed by atoms with E-state index in [-0.39, 0.29) is 30.3 Å². The molecule has 6 heteroatoms. The first-order valence-corrected chi connectivity index (χ1v) is 8.64. The van der Waals surface area contributed by atoms with Gasteiger partial charge in [0.05, 0.1) is 0 Å². The zero-order valence-electron chi connectivity index (χ0n) is 14.4. The molecule has 0 unspecified atom stereocenters. The number of halogens is 1. The molecule has 0 aliphatic carbocycles. The van der Waals surface area contributed by atoms with Crippen molar-refractivity contribution in [1.82, 2.24) is 10.2 Å². The van der Waals surface area contributed by atoms with E-state index >= 15 is 0 Å². The fourth-order valence-corrected chi connectivity index (χ4v) is 2.94. The number of piperidine rings is 1. The molecule has 26 heavy (non-hydrogen) atoms. The molecule has 0 atom stereocenters. The standard InChI is InChI=1S/C20H21FN2O3/c21-16-8-6-15(7-9-16)20(25)23-12-10-17(11-13-23)22-19(24)14-26-18-4-2-1-3-5-18/h1-9,17H,10-14H2,(H,22,24). The van der Waals surface area contributed by atoms with Crippen molar-refractivity contribution < 1.29 is 18.7 Å². The van der Waals surface area contributed by atoms with Crippen LogP contribution >= 0.6 is 0 Å². The third-order valence-electron chi connectivity index (χ3n) is 4.35. The van der Waals surface area contributed by atoms with Gasteiger partial charge in [0.25, 0.3) is 11.8 Å². The van der Waals surface area contributed by atoms with Crippen molar-refractivity contribution in [2.24, 2.45) is 0 Å². The normalized spacial score (nSPS) is 14.7. The lowest BCUT2D eigenvalue weighted by molar-refractivity contribution is -0.124. The van der Waals surface area contributed by atoms with Crippen LogP contribution in [0.1, 0.15) is 23.2 Å². The molecule has 2 aromatic carbocycles. The number of rotatable bonds is 5. The van der Waals surface area contributed by atoms with Gasteiger partial charge >= 0.3 is 0 Å². The van der Waals surface area contributed by atoms with E-state index in [1.807, 2.05) is 18.2 Å². The summed E-state index contributed by atoms with van der Waals surface area (Å²) in [6.07, 6.45) is 1.37. The maximum Gasteiger partial charge on any atom is 0.258 e. The smallest absolute Gasteiger partial charge is 0.258 e. The third-order valence-corrected chi connectivity index (χ3v) is 4.35. The molecule has 136 valence electrons. The van der Waals surface area contributed by atoms with Crippen molar-refractivity contribution in [3.05, 3.63) is 66.0 Å². The largest absolute Gasteiger partial charge is 0.484 e. The van der Waals surface area contributed by atoms with Crippen molar-refractivity contribution in [2.45, 2.75) is 18.9 Å². The van der Waals surface area contributed by atoms with Crippen molar-refractivity contribution in [2.75, 3.05) is 19.7 Å². The lowest BCUT2D eigenvalue weighted by Gasteiger charge is -2.32. The first-order valence-electron chi connectivity index (χ1n) is 8.64. The van der Waals surface area contributed by atoms with E-state index in [1.54, 1.807) is 17.0 Å². The Morgan fingerprint density at radius 3 is 2.35 bits per heavy atom. The van der Waals surface area contributed by atoms with Gasteiger partial charge in [-0.3, -0.25) is 9.59 Å². The SMILES string of the molecule is O=C(COc1ccccc1)NC1CCN(C(=O)c2ccc(F)cc2)CC1. The van der Waals surface area contributed by atoms with E-state index in [0.717, 1.165) is 0 Å². The Morgan fingerprint density at radius 1 is 1.04 bits per heavy atom. The Labute approximate surface area is 151 Å². The number of ether oxygens (including phenoxy) is 1. The summed E-state index contributed by atoms with van der Waals surface area (Å²) in [7, 11) is 0. The quantitative estimate of drug-likeness (QED) is 0.896. The number of nitrogens with one attached hydrogen (secondary N) is 1. The Balaban J connectivity index is 1.42. The minimum absolute atomic E-state index is 0.0270. The van der Waals surface area contributed by atoms with Crippen LogP contribution in [-0.4, -0.2) is 42.5 Å². The molecule has 5 nitrogen and oxygen atoms in total. The summed E-state index contributed by atoms with van der Waals surface area (Å²) < 4.78 is 18.4. The Bertz CT molecular complexity index is 741. The summed E-state index contributed by atoms with van der Waals surface area (Å²) in [4.78, 5) is 26.1. The summed E-state index contributed by atoms with van der Waals surface area (Å²) in [5.74, 6) is 0.0161. The number of carbonyl (C=O) groups excluding carboxylic acids is 2. The van der Waals surface area contributed by atoms with Crippen LogP contribution in [-0.2, 0) is 4.79 Å². The van der Waals surface area contributed by atoms with Crippen molar-refractivity contribution in [3.8, 4) is 5.75 Å². The topological polar surface area (TPSA) is 58.6 Å². The predicted molar refractivity (Wildman–Crippen MR) is 95.4 cm³/mol. The number of amides is 2. The minimum atomic E-state index is -0.360. The lowest BCUT2D eigenvalue weighted by Crippen LogP contribution is -2.47. The van der Waals surface area contributed by atoms with Gasteiger partial charge in [-0.15, -0.1) is 0 Å². The van der Waals surface area contributed by atoms with E-state index in [2.05, 4.69) is 5.32 Å². The van der Waals surface area contributed by atoms with Crippen LogP contribution in [0.25, 0.3) is 0 Å². The average molecular weight is 356 g/mol. The molecule has 0 spiro atoms. The number of hydrogen-bond acceptors (Lipinski definition) is 3. The zero-order valence-corrected chi connectivity index (χ0v) is 14.4. The summed E-state index contributed by atoms with van der Waals surface area (Å²) in [6.45, 7) is 1.08. The second-order valence-corrected chi connectivity index (χ2v) is 6.24. The van der Waals surface area contributed by atoms with E-state index < -0.39 is 0 Å². The van der Waals surface area contributed by atoms with Crippen LogP contribution in [0, 0.1) is 5.82 Å². The first kappa shape index (κ1) is 17.9. The highest BCUT2D eigenvalue weighted by Gasteiger charge is 2.24. The fraction of sp³-hybridized carbons (Fsp3) is 0.300. The van der Waals surface area contributed by atoms with E-state index in [1.165, 1.54) is 24.3 Å². The van der Waals surface area contributed by atoms with Crippen LogP contribution in [0.2, 0.25) is 0 Å². The fourth-order valence-electron chi connectivity index (χ4n) is 2.94. The summed E-state index contributed by atoms with van der Waals surface area (Å²) in [6, 6.07) is 14.8. The average Bonchev–Trinajstić information content (AvgIpc) is 2.68. The zero-order chi connectivity index (χ0) is 18.4. The number of hydrogen-bond donors (Lipinski definition) is 1. The highest BCUT2D eigenvalue weighted by atomic mass is 19.1. The molecular formula is C20H21FN2O3. The molecule has 0 bridgehead atoms. The van der Waals surface area contributed by atoms with Gasteiger partial charge in [0.15, 0.2) is 6.61 Å². The third kappa shape index (κ3) is 4.81.